The van der Waals surface area contributed by atoms with Crippen molar-refractivity contribution in [2.24, 2.45) is 0 Å². The molecule has 1 fully saturated rings. The van der Waals surface area contributed by atoms with Crippen molar-refractivity contribution < 1.29 is 9.15 Å². The van der Waals surface area contributed by atoms with Gasteiger partial charge < -0.3 is 9.15 Å². The van der Waals surface area contributed by atoms with E-state index in [1.54, 1.807) is 0 Å². The van der Waals surface area contributed by atoms with E-state index in [9.17, 15) is 0 Å². The summed E-state index contributed by atoms with van der Waals surface area (Å²) in [7, 11) is 0. The Bertz CT molecular complexity index is 872. The molecule has 2 aromatic carbocycles. The molecule has 2 aliphatic heterocycles. The van der Waals surface area contributed by atoms with E-state index in [-0.39, 0.29) is 0 Å². The standard InChI is InChI=1S/C19H16O2/c1-2-4-18-16(3-1)17-11-12(5-8-19(17)21-18)13-9-14-6-7-15(10-13)20-14/h1-5,8-9,11,14-15H,6-7,10H2. The number of fused-ring (bicyclic) bond motifs is 5. The molecular weight excluding hydrogens is 260 g/mol. The first-order valence-corrected chi connectivity index (χ1v) is 7.65. The number of ether oxygens (including phenoxy) is 1. The molecule has 2 aliphatic rings. The minimum absolute atomic E-state index is 0.329. The lowest BCUT2D eigenvalue weighted by molar-refractivity contribution is 0.0671. The monoisotopic (exact) mass is 276 g/mol. The summed E-state index contributed by atoms with van der Waals surface area (Å²) < 4.78 is 11.8. The van der Waals surface area contributed by atoms with E-state index in [2.05, 4.69) is 36.4 Å². The van der Waals surface area contributed by atoms with Crippen LogP contribution in [0.2, 0.25) is 0 Å². The van der Waals surface area contributed by atoms with Crippen molar-refractivity contribution in [3.8, 4) is 0 Å². The quantitative estimate of drug-likeness (QED) is 0.629. The van der Waals surface area contributed by atoms with Gasteiger partial charge in [-0.05, 0) is 48.6 Å². The lowest BCUT2D eigenvalue weighted by Crippen LogP contribution is -2.15. The topological polar surface area (TPSA) is 22.4 Å². The van der Waals surface area contributed by atoms with Crippen LogP contribution in [0.1, 0.15) is 24.8 Å². The Morgan fingerprint density at radius 1 is 0.905 bits per heavy atom. The lowest BCUT2D eigenvalue weighted by Gasteiger charge is -2.20. The maximum absolute atomic E-state index is 5.91. The molecule has 0 N–H and O–H groups in total. The predicted molar refractivity (Wildman–Crippen MR) is 84.2 cm³/mol. The number of hydrogen-bond acceptors (Lipinski definition) is 2. The fourth-order valence-electron chi connectivity index (χ4n) is 3.68. The summed E-state index contributed by atoms with van der Waals surface area (Å²) in [4.78, 5) is 0. The van der Waals surface area contributed by atoms with E-state index in [0.717, 1.165) is 17.6 Å². The summed E-state index contributed by atoms with van der Waals surface area (Å²) in [5.74, 6) is 0. The van der Waals surface area contributed by atoms with Gasteiger partial charge in [0.15, 0.2) is 0 Å². The molecule has 2 atom stereocenters. The first kappa shape index (κ1) is 11.6. The second-order valence-corrected chi connectivity index (χ2v) is 6.08. The number of para-hydroxylation sites is 1. The third-order valence-electron chi connectivity index (χ3n) is 4.72. The zero-order chi connectivity index (χ0) is 13.8. The van der Waals surface area contributed by atoms with Crippen LogP contribution in [0.15, 0.2) is 53.0 Å². The molecule has 2 nitrogen and oxygen atoms in total. The Hall–Kier alpha value is -2.06. The Balaban J connectivity index is 1.69. The number of hydrogen-bond donors (Lipinski definition) is 0. The molecule has 1 aromatic heterocycles. The maximum Gasteiger partial charge on any atom is 0.135 e. The predicted octanol–water partition coefficient (Wildman–Crippen LogP) is 4.92. The minimum Gasteiger partial charge on any atom is -0.456 e. The fraction of sp³-hybridized carbons (Fsp3) is 0.263. The highest BCUT2D eigenvalue weighted by molar-refractivity contribution is 6.05. The van der Waals surface area contributed by atoms with Crippen LogP contribution in [0, 0.1) is 0 Å². The van der Waals surface area contributed by atoms with E-state index in [0.29, 0.717) is 12.2 Å². The van der Waals surface area contributed by atoms with Gasteiger partial charge in [0, 0.05) is 10.8 Å². The van der Waals surface area contributed by atoms with Gasteiger partial charge in [-0.15, -0.1) is 0 Å². The average Bonchev–Trinajstić information content (AvgIpc) is 3.06. The van der Waals surface area contributed by atoms with Crippen LogP contribution in [-0.4, -0.2) is 12.2 Å². The van der Waals surface area contributed by atoms with Crippen LogP contribution >= 0.6 is 0 Å². The van der Waals surface area contributed by atoms with Crippen molar-refractivity contribution in [2.75, 3.05) is 0 Å². The number of benzene rings is 2. The van der Waals surface area contributed by atoms with Crippen LogP contribution in [0.25, 0.3) is 27.5 Å². The third kappa shape index (κ3) is 1.76. The van der Waals surface area contributed by atoms with E-state index >= 15 is 0 Å². The van der Waals surface area contributed by atoms with Gasteiger partial charge in [-0.2, -0.15) is 0 Å². The summed E-state index contributed by atoms with van der Waals surface area (Å²) in [6, 6.07) is 14.8. The molecule has 2 heteroatoms. The highest BCUT2D eigenvalue weighted by Crippen LogP contribution is 2.38. The third-order valence-corrected chi connectivity index (χ3v) is 4.72. The van der Waals surface area contributed by atoms with Crippen LogP contribution in [0.4, 0.5) is 0 Å². The molecule has 2 unspecified atom stereocenters. The molecule has 21 heavy (non-hydrogen) atoms. The highest BCUT2D eigenvalue weighted by Gasteiger charge is 2.29. The van der Waals surface area contributed by atoms with Crippen molar-refractivity contribution in [3.05, 3.63) is 54.1 Å². The van der Waals surface area contributed by atoms with Gasteiger partial charge in [-0.25, -0.2) is 0 Å². The first-order valence-electron chi connectivity index (χ1n) is 7.65. The normalized spacial score (nSPS) is 24.7. The molecule has 104 valence electrons. The minimum atomic E-state index is 0.329. The molecule has 2 bridgehead atoms. The average molecular weight is 276 g/mol. The van der Waals surface area contributed by atoms with Gasteiger partial charge in [0.1, 0.15) is 11.2 Å². The Morgan fingerprint density at radius 2 is 1.81 bits per heavy atom. The van der Waals surface area contributed by atoms with Gasteiger partial charge in [0.25, 0.3) is 0 Å². The molecule has 1 saturated heterocycles. The van der Waals surface area contributed by atoms with Crippen LogP contribution in [0.5, 0.6) is 0 Å². The van der Waals surface area contributed by atoms with Crippen molar-refractivity contribution in [3.63, 3.8) is 0 Å². The van der Waals surface area contributed by atoms with Crippen LogP contribution < -0.4 is 0 Å². The largest absolute Gasteiger partial charge is 0.456 e. The Labute approximate surface area is 123 Å². The van der Waals surface area contributed by atoms with Crippen molar-refractivity contribution in [1.29, 1.82) is 0 Å². The molecule has 0 spiro atoms. The lowest BCUT2D eigenvalue weighted by atomic mass is 9.97. The molecule has 3 heterocycles. The van der Waals surface area contributed by atoms with Gasteiger partial charge >= 0.3 is 0 Å². The maximum atomic E-state index is 5.91. The van der Waals surface area contributed by atoms with Gasteiger partial charge in [-0.1, -0.05) is 30.3 Å². The van der Waals surface area contributed by atoms with E-state index < -0.39 is 0 Å². The van der Waals surface area contributed by atoms with Crippen molar-refractivity contribution >= 4 is 27.5 Å². The zero-order valence-electron chi connectivity index (χ0n) is 11.7. The van der Waals surface area contributed by atoms with Crippen LogP contribution in [0.3, 0.4) is 0 Å². The Kier molecular flexibility index (Phi) is 2.33. The summed E-state index contributed by atoms with van der Waals surface area (Å²) in [5, 5.41) is 2.41. The van der Waals surface area contributed by atoms with E-state index in [1.165, 1.54) is 34.8 Å². The molecule has 0 amide bonds. The first-order chi connectivity index (χ1) is 10.4. The SMILES string of the molecule is C1=C(c2ccc3oc4ccccc4c3c2)CC2CCC1O2. The van der Waals surface area contributed by atoms with E-state index in [1.807, 2.05) is 12.1 Å². The van der Waals surface area contributed by atoms with E-state index in [4.69, 9.17) is 9.15 Å². The van der Waals surface area contributed by atoms with Crippen molar-refractivity contribution in [2.45, 2.75) is 31.5 Å². The summed E-state index contributed by atoms with van der Waals surface area (Å²) >= 11 is 0. The molecule has 0 saturated carbocycles. The summed E-state index contributed by atoms with van der Waals surface area (Å²) in [6.07, 6.45) is 6.47. The smallest absolute Gasteiger partial charge is 0.135 e. The Morgan fingerprint density at radius 3 is 2.76 bits per heavy atom. The summed E-state index contributed by atoms with van der Waals surface area (Å²) in [5.41, 5.74) is 4.68. The molecule has 0 radical (unpaired) electrons. The highest BCUT2D eigenvalue weighted by atomic mass is 16.5. The van der Waals surface area contributed by atoms with Gasteiger partial charge in [0.05, 0.1) is 12.2 Å². The van der Waals surface area contributed by atoms with Gasteiger partial charge in [-0.3, -0.25) is 0 Å². The zero-order valence-corrected chi connectivity index (χ0v) is 11.7. The molecular formula is C19H16O2. The molecule has 5 rings (SSSR count). The second-order valence-electron chi connectivity index (χ2n) is 6.08. The van der Waals surface area contributed by atoms with Crippen LogP contribution in [-0.2, 0) is 4.74 Å². The van der Waals surface area contributed by atoms with Gasteiger partial charge in [0.2, 0.25) is 0 Å². The second kappa shape index (κ2) is 4.22. The number of rotatable bonds is 1. The molecule has 3 aromatic rings. The summed E-state index contributed by atoms with van der Waals surface area (Å²) in [6.45, 7) is 0. The number of furan rings is 1. The fourth-order valence-corrected chi connectivity index (χ4v) is 3.68. The molecule has 0 aliphatic carbocycles. The van der Waals surface area contributed by atoms with Crippen molar-refractivity contribution in [1.82, 2.24) is 0 Å².